The maximum absolute atomic E-state index is 5.82. The average Bonchev–Trinajstić information content (AvgIpc) is 2.73. The van der Waals surface area contributed by atoms with E-state index in [9.17, 15) is 0 Å². The molecule has 3 aromatic rings. The van der Waals surface area contributed by atoms with Gasteiger partial charge in [-0.15, -0.1) is 0 Å². The standard InChI is InChI=1S/C23H19N3O2/c1-2-4-8-14-27-18-12-13-20-19(16-18)23(25-17-24-20)26-21-10-6-7-11-22(21)28-15-9-5-3-1/h1-13,15-17H,14H2,(H,24,25,26)/b2-1?,5-3-,8-4?,15-9-. The van der Waals surface area contributed by atoms with E-state index in [1.54, 1.807) is 12.6 Å². The molecule has 1 N–H and O–H groups in total. The van der Waals surface area contributed by atoms with Gasteiger partial charge in [0.25, 0.3) is 0 Å². The summed E-state index contributed by atoms with van der Waals surface area (Å²) in [6, 6.07) is 13.5. The number of nitrogens with zero attached hydrogens (tertiary/aromatic N) is 2. The lowest BCUT2D eigenvalue weighted by Crippen LogP contribution is -1.99. The van der Waals surface area contributed by atoms with E-state index in [-0.39, 0.29) is 0 Å². The number of para-hydroxylation sites is 2. The van der Waals surface area contributed by atoms with Crippen molar-refractivity contribution in [1.29, 1.82) is 0 Å². The summed E-state index contributed by atoms with van der Waals surface area (Å²) in [6.07, 6.45) is 16.6. The van der Waals surface area contributed by atoms with Gasteiger partial charge in [-0.05, 0) is 42.5 Å². The van der Waals surface area contributed by atoms with Gasteiger partial charge in [-0.1, -0.05) is 42.5 Å². The number of anilines is 2. The second kappa shape index (κ2) is 8.68. The molecule has 0 unspecified atom stereocenters. The first kappa shape index (κ1) is 17.5. The van der Waals surface area contributed by atoms with Crippen LogP contribution in [0.3, 0.4) is 0 Å². The third kappa shape index (κ3) is 4.27. The molecule has 2 aromatic carbocycles. The molecule has 1 aromatic heterocycles. The summed E-state index contributed by atoms with van der Waals surface area (Å²) in [5, 5.41) is 4.23. The van der Waals surface area contributed by atoms with Crippen molar-refractivity contribution < 1.29 is 9.47 Å². The molecule has 0 amide bonds. The van der Waals surface area contributed by atoms with Crippen LogP contribution in [0.5, 0.6) is 11.5 Å². The fourth-order valence-corrected chi connectivity index (χ4v) is 2.72. The average molecular weight is 369 g/mol. The molecular weight excluding hydrogens is 350 g/mol. The normalized spacial score (nSPS) is 16.1. The third-order valence-electron chi connectivity index (χ3n) is 4.06. The summed E-state index contributed by atoms with van der Waals surface area (Å²) in [7, 11) is 0. The molecule has 5 heteroatoms. The van der Waals surface area contributed by atoms with Gasteiger partial charge in [0.1, 0.15) is 30.3 Å². The number of hydrogen-bond acceptors (Lipinski definition) is 5. The van der Waals surface area contributed by atoms with Crippen molar-refractivity contribution in [3.63, 3.8) is 0 Å². The summed E-state index contributed by atoms with van der Waals surface area (Å²) < 4.78 is 11.6. The lowest BCUT2D eigenvalue weighted by Gasteiger charge is -2.12. The van der Waals surface area contributed by atoms with Crippen LogP contribution in [0.15, 0.2) is 97.6 Å². The predicted octanol–water partition coefficient (Wildman–Crippen LogP) is 5.33. The number of rotatable bonds is 0. The molecule has 0 saturated carbocycles. The molecule has 2 heterocycles. The summed E-state index contributed by atoms with van der Waals surface area (Å²) >= 11 is 0. The van der Waals surface area contributed by atoms with E-state index in [0.29, 0.717) is 18.2 Å². The number of ether oxygens (including phenoxy) is 2. The zero-order chi connectivity index (χ0) is 19.0. The van der Waals surface area contributed by atoms with Crippen molar-refractivity contribution in [2.75, 3.05) is 11.9 Å². The number of aromatic nitrogens is 2. The number of benzene rings is 2. The fraction of sp³-hybridized carbons (Fsp3) is 0.0435. The minimum Gasteiger partial charge on any atom is -0.490 e. The van der Waals surface area contributed by atoms with Crippen LogP contribution in [0.2, 0.25) is 0 Å². The van der Waals surface area contributed by atoms with Gasteiger partial charge in [-0.2, -0.15) is 0 Å². The van der Waals surface area contributed by atoms with E-state index in [4.69, 9.17) is 9.47 Å². The number of fused-ring (bicyclic) bond motifs is 2. The highest BCUT2D eigenvalue weighted by molar-refractivity contribution is 5.92. The lowest BCUT2D eigenvalue weighted by atomic mass is 10.2. The largest absolute Gasteiger partial charge is 0.490 e. The van der Waals surface area contributed by atoms with Crippen molar-refractivity contribution >= 4 is 22.4 Å². The molecule has 28 heavy (non-hydrogen) atoms. The molecule has 138 valence electrons. The van der Waals surface area contributed by atoms with Crippen LogP contribution in [0.25, 0.3) is 10.9 Å². The van der Waals surface area contributed by atoms with Crippen molar-refractivity contribution in [3.05, 3.63) is 97.6 Å². The topological polar surface area (TPSA) is 56.3 Å². The Hall–Kier alpha value is -3.86. The third-order valence-corrected chi connectivity index (χ3v) is 4.06. The van der Waals surface area contributed by atoms with Crippen LogP contribution < -0.4 is 14.8 Å². The van der Waals surface area contributed by atoms with E-state index in [2.05, 4.69) is 15.3 Å². The first-order valence-electron chi connectivity index (χ1n) is 8.95. The molecule has 0 aliphatic carbocycles. The SMILES string of the molecule is C1=C/C=C\C=C/Oc2ccccc2Nc2ncnc3ccc(cc23)OCC=C1. The smallest absolute Gasteiger partial charge is 0.149 e. The Labute approximate surface area is 163 Å². The fourth-order valence-electron chi connectivity index (χ4n) is 2.72. The molecule has 5 nitrogen and oxygen atoms in total. The van der Waals surface area contributed by atoms with Crippen LogP contribution in [0.1, 0.15) is 0 Å². The van der Waals surface area contributed by atoms with E-state index in [1.807, 2.05) is 85.0 Å². The van der Waals surface area contributed by atoms with Gasteiger partial charge in [-0.3, -0.25) is 0 Å². The van der Waals surface area contributed by atoms with Crippen molar-refractivity contribution in [2.45, 2.75) is 0 Å². The summed E-state index contributed by atoms with van der Waals surface area (Å²) in [5.74, 6) is 2.15. The molecule has 1 aliphatic rings. The van der Waals surface area contributed by atoms with Gasteiger partial charge in [-0.25, -0.2) is 9.97 Å². The Balaban J connectivity index is 1.75. The van der Waals surface area contributed by atoms with Crippen molar-refractivity contribution in [3.8, 4) is 11.5 Å². The van der Waals surface area contributed by atoms with Crippen LogP contribution in [0.4, 0.5) is 11.5 Å². The van der Waals surface area contributed by atoms with E-state index in [1.165, 1.54) is 0 Å². The molecule has 4 rings (SSSR count). The van der Waals surface area contributed by atoms with Crippen LogP contribution in [-0.4, -0.2) is 16.6 Å². The zero-order valence-electron chi connectivity index (χ0n) is 15.2. The molecule has 0 atom stereocenters. The number of allylic oxidation sites excluding steroid dienone is 6. The van der Waals surface area contributed by atoms with Crippen LogP contribution >= 0.6 is 0 Å². The monoisotopic (exact) mass is 369 g/mol. The van der Waals surface area contributed by atoms with E-state index in [0.717, 1.165) is 22.3 Å². The number of hydrogen-bond donors (Lipinski definition) is 1. The Morgan fingerprint density at radius 2 is 1.71 bits per heavy atom. The van der Waals surface area contributed by atoms with Gasteiger partial charge >= 0.3 is 0 Å². The van der Waals surface area contributed by atoms with Gasteiger partial charge < -0.3 is 14.8 Å². The lowest BCUT2D eigenvalue weighted by molar-refractivity contribution is 0.363. The van der Waals surface area contributed by atoms with Crippen LogP contribution in [-0.2, 0) is 0 Å². The van der Waals surface area contributed by atoms with Gasteiger partial charge in [0.15, 0.2) is 0 Å². The molecule has 2 bridgehead atoms. The molecular formula is C23H19N3O2. The molecule has 1 aliphatic heterocycles. The highest BCUT2D eigenvalue weighted by Gasteiger charge is 2.09. The summed E-state index contributed by atoms with van der Waals surface area (Å²) in [6.45, 7) is 0.479. The highest BCUT2D eigenvalue weighted by atomic mass is 16.5. The first-order valence-corrected chi connectivity index (χ1v) is 8.95. The van der Waals surface area contributed by atoms with Gasteiger partial charge in [0.2, 0.25) is 0 Å². The maximum atomic E-state index is 5.82. The first-order chi connectivity index (χ1) is 13.9. The molecule has 0 fully saturated rings. The second-order valence-electron chi connectivity index (χ2n) is 5.98. The Morgan fingerprint density at radius 3 is 2.68 bits per heavy atom. The zero-order valence-corrected chi connectivity index (χ0v) is 15.2. The van der Waals surface area contributed by atoms with Gasteiger partial charge in [0.05, 0.1) is 17.5 Å². The van der Waals surface area contributed by atoms with E-state index < -0.39 is 0 Å². The van der Waals surface area contributed by atoms with Crippen molar-refractivity contribution in [2.24, 2.45) is 0 Å². The quantitative estimate of drug-likeness (QED) is 0.581. The molecule has 0 spiro atoms. The van der Waals surface area contributed by atoms with Crippen LogP contribution in [0, 0.1) is 0 Å². The Morgan fingerprint density at radius 1 is 0.857 bits per heavy atom. The summed E-state index contributed by atoms with van der Waals surface area (Å²) in [5.41, 5.74) is 1.65. The highest BCUT2D eigenvalue weighted by Crippen LogP contribution is 2.31. The van der Waals surface area contributed by atoms with Crippen molar-refractivity contribution in [1.82, 2.24) is 9.97 Å². The second-order valence-corrected chi connectivity index (χ2v) is 5.98. The predicted molar refractivity (Wildman–Crippen MR) is 112 cm³/mol. The summed E-state index contributed by atoms with van der Waals surface area (Å²) in [4.78, 5) is 8.76. The number of nitrogens with one attached hydrogen (secondary N) is 1. The minimum atomic E-state index is 0.479. The minimum absolute atomic E-state index is 0.479. The van der Waals surface area contributed by atoms with Gasteiger partial charge in [0, 0.05) is 5.39 Å². The Bertz CT molecular complexity index is 1080. The molecule has 0 radical (unpaired) electrons. The van der Waals surface area contributed by atoms with E-state index >= 15 is 0 Å². The molecule has 0 saturated heterocycles. The Kier molecular flexibility index (Phi) is 5.44. The maximum Gasteiger partial charge on any atom is 0.149 e.